The summed E-state index contributed by atoms with van der Waals surface area (Å²) in [5.74, 6) is 0.590. The molecule has 2 aromatic rings. The third kappa shape index (κ3) is 7.27. The monoisotopic (exact) mass is 400 g/mol. The van der Waals surface area contributed by atoms with Gasteiger partial charge in [-0.2, -0.15) is 0 Å². The van der Waals surface area contributed by atoms with Gasteiger partial charge < -0.3 is 15.4 Å². The fourth-order valence-corrected chi connectivity index (χ4v) is 3.05. The molecule has 5 nitrogen and oxygen atoms in total. The Kier molecular flexibility index (Phi) is 8.88. The van der Waals surface area contributed by atoms with Crippen molar-refractivity contribution in [2.24, 2.45) is 0 Å². The van der Waals surface area contributed by atoms with Crippen LogP contribution < -0.4 is 15.4 Å². The topological polar surface area (TPSA) is 67.4 Å². The van der Waals surface area contributed by atoms with Crippen molar-refractivity contribution >= 4 is 35.0 Å². The van der Waals surface area contributed by atoms with Gasteiger partial charge in [-0.1, -0.05) is 43.2 Å². The lowest BCUT2D eigenvalue weighted by atomic mass is 10.2. The maximum absolute atomic E-state index is 12.5. The quantitative estimate of drug-likeness (QED) is 0.558. The number of hydrogen-bond donors (Lipinski definition) is 2. The lowest BCUT2D eigenvalue weighted by Gasteiger charge is -2.15. The largest absolute Gasteiger partial charge is 0.491 e. The van der Waals surface area contributed by atoms with E-state index < -0.39 is 0 Å². The summed E-state index contributed by atoms with van der Waals surface area (Å²) < 4.78 is 5.75. The van der Waals surface area contributed by atoms with Crippen molar-refractivity contribution in [3.05, 3.63) is 54.1 Å². The summed E-state index contributed by atoms with van der Waals surface area (Å²) in [4.78, 5) is 24.6. The highest BCUT2D eigenvalue weighted by Crippen LogP contribution is 2.25. The zero-order valence-corrected chi connectivity index (χ0v) is 17.5. The minimum atomic E-state index is -0.368. The van der Waals surface area contributed by atoms with Crippen molar-refractivity contribution in [3.63, 3.8) is 0 Å². The first kappa shape index (κ1) is 21.8. The second-order valence-electron chi connectivity index (χ2n) is 6.55. The number of ether oxygens (including phenoxy) is 1. The van der Waals surface area contributed by atoms with Crippen LogP contribution >= 0.6 is 11.8 Å². The molecule has 0 aliphatic carbocycles. The van der Waals surface area contributed by atoms with Crippen molar-refractivity contribution in [2.45, 2.75) is 38.9 Å². The Morgan fingerprint density at radius 1 is 1.07 bits per heavy atom. The zero-order valence-electron chi connectivity index (χ0n) is 16.7. The first-order chi connectivity index (χ1) is 13.5. The van der Waals surface area contributed by atoms with Gasteiger partial charge >= 0.3 is 0 Å². The number of amides is 2. The van der Waals surface area contributed by atoms with E-state index >= 15 is 0 Å². The first-order valence-corrected chi connectivity index (χ1v) is 10.5. The molecule has 2 rings (SSSR count). The summed E-state index contributed by atoms with van der Waals surface area (Å²) in [6.45, 7) is 6.51. The van der Waals surface area contributed by atoms with E-state index in [-0.39, 0.29) is 22.8 Å². The molecule has 2 aromatic carbocycles. The molecule has 0 aromatic heterocycles. The van der Waals surface area contributed by atoms with Crippen molar-refractivity contribution < 1.29 is 14.3 Å². The molecule has 6 heteroatoms. The average molecular weight is 401 g/mol. The molecule has 28 heavy (non-hydrogen) atoms. The number of benzene rings is 2. The smallest absolute Gasteiger partial charge is 0.237 e. The molecule has 150 valence electrons. The Bertz CT molecular complexity index is 778. The number of nitrogens with one attached hydrogen (secondary N) is 2. The number of thioether (sulfide) groups is 1. The number of aryl methyl sites for hydroxylation is 1. The highest BCUT2D eigenvalue weighted by atomic mass is 32.2. The summed E-state index contributed by atoms with van der Waals surface area (Å²) in [5.41, 5.74) is 2.54. The molecule has 1 atom stereocenters. The summed E-state index contributed by atoms with van der Waals surface area (Å²) in [5, 5.41) is 5.37. The van der Waals surface area contributed by atoms with Crippen molar-refractivity contribution in [2.75, 3.05) is 23.0 Å². The highest BCUT2D eigenvalue weighted by molar-refractivity contribution is 8.01. The molecule has 0 aliphatic rings. The molecule has 0 bridgehead atoms. The van der Waals surface area contributed by atoms with Crippen LogP contribution in [0.3, 0.4) is 0 Å². The third-order valence-corrected chi connectivity index (χ3v) is 5.21. The van der Waals surface area contributed by atoms with Gasteiger partial charge in [-0.05, 0) is 44.5 Å². The fraction of sp³-hybridized carbons (Fsp3) is 0.364. The van der Waals surface area contributed by atoms with Crippen molar-refractivity contribution in [1.29, 1.82) is 0 Å². The van der Waals surface area contributed by atoms with E-state index in [1.807, 2.05) is 55.5 Å². The van der Waals surface area contributed by atoms with Gasteiger partial charge in [-0.25, -0.2) is 0 Å². The fourth-order valence-electron chi connectivity index (χ4n) is 2.37. The molecule has 0 saturated heterocycles. The molecule has 0 aliphatic heterocycles. The molecule has 1 unspecified atom stereocenters. The molecular formula is C22H28N2O3S. The normalized spacial score (nSPS) is 11.5. The maximum Gasteiger partial charge on any atom is 0.237 e. The van der Waals surface area contributed by atoms with E-state index in [0.29, 0.717) is 18.0 Å². The number of para-hydroxylation sites is 2. The predicted molar refractivity (Wildman–Crippen MR) is 117 cm³/mol. The van der Waals surface area contributed by atoms with Crippen LogP contribution in [0.1, 0.15) is 32.3 Å². The number of rotatable bonds is 10. The summed E-state index contributed by atoms with van der Waals surface area (Å²) in [6.07, 6.45) is 2.01. The summed E-state index contributed by atoms with van der Waals surface area (Å²) in [7, 11) is 0. The van der Waals surface area contributed by atoms with Crippen LogP contribution in [0, 0.1) is 6.92 Å². The standard InChI is InChI=1S/C22H28N2O3S/c1-4-5-14-27-20-9-7-6-8-19(20)24-22(26)17(3)28-15-21(25)23-18-12-10-16(2)11-13-18/h6-13,17H,4-5,14-15H2,1-3H3,(H,23,25)(H,24,26). The lowest BCUT2D eigenvalue weighted by molar-refractivity contribution is -0.115. The molecule has 0 spiro atoms. The van der Waals surface area contributed by atoms with Crippen LogP contribution in [-0.4, -0.2) is 29.4 Å². The molecule has 0 radical (unpaired) electrons. The second kappa shape index (κ2) is 11.4. The predicted octanol–water partition coefficient (Wildman–Crippen LogP) is 4.87. The van der Waals surface area contributed by atoms with Gasteiger partial charge in [-0.3, -0.25) is 9.59 Å². The molecule has 0 fully saturated rings. The van der Waals surface area contributed by atoms with Gasteiger partial charge in [0.1, 0.15) is 5.75 Å². The van der Waals surface area contributed by atoms with Crippen molar-refractivity contribution in [3.8, 4) is 5.75 Å². The Labute approximate surface area is 171 Å². The van der Waals surface area contributed by atoms with Gasteiger partial charge in [0.2, 0.25) is 11.8 Å². The Morgan fingerprint density at radius 3 is 2.50 bits per heavy atom. The molecule has 0 heterocycles. The van der Waals surface area contributed by atoms with Gasteiger partial charge in [0, 0.05) is 5.69 Å². The SMILES string of the molecule is CCCCOc1ccccc1NC(=O)C(C)SCC(=O)Nc1ccc(C)cc1. The van der Waals surface area contributed by atoms with Gasteiger partial charge in [0.25, 0.3) is 0 Å². The maximum atomic E-state index is 12.5. The average Bonchev–Trinajstić information content (AvgIpc) is 2.69. The van der Waals surface area contributed by atoms with E-state index in [1.165, 1.54) is 11.8 Å². The molecule has 0 saturated carbocycles. The van der Waals surface area contributed by atoms with E-state index in [9.17, 15) is 9.59 Å². The highest BCUT2D eigenvalue weighted by Gasteiger charge is 2.17. The van der Waals surface area contributed by atoms with E-state index in [4.69, 9.17) is 4.74 Å². The van der Waals surface area contributed by atoms with E-state index in [2.05, 4.69) is 17.6 Å². The number of carbonyl (C=O) groups is 2. The van der Waals surface area contributed by atoms with Crippen LogP contribution in [0.5, 0.6) is 5.75 Å². The minimum absolute atomic E-state index is 0.128. The minimum Gasteiger partial charge on any atom is -0.491 e. The number of carbonyl (C=O) groups excluding carboxylic acids is 2. The first-order valence-electron chi connectivity index (χ1n) is 9.50. The van der Waals surface area contributed by atoms with Gasteiger partial charge in [0.15, 0.2) is 0 Å². The van der Waals surface area contributed by atoms with Crippen LogP contribution in [0.25, 0.3) is 0 Å². The molecule has 2 N–H and O–H groups in total. The van der Waals surface area contributed by atoms with Crippen molar-refractivity contribution in [1.82, 2.24) is 0 Å². The van der Waals surface area contributed by atoms with E-state index in [1.54, 1.807) is 6.92 Å². The third-order valence-electron chi connectivity index (χ3n) is 4.07. The number of anilines is 2. The molecule has 2 amide bonds. The summed E-state index contributed by atoms with van der Waals surface area (Å²) in [6, 6.07) is 15.0. The van der Waals surface area contributed by atoms with E-state index in [0.717, 1.165) is 24.1 Å². The molecular weight excluding hydrogens is 372 g/mol. The zero-order chi connectivity index (χ0) is 20.4. The second-order valence-corrected chi connectivity index (χ2v) is 7.88. The van der Waals surface area contributed by atoms with Crippen LogP contribution in [0.4, 0.5) is 11.4 Å². The van der Waals surface area contributed by atoms with Gasteiger partial charge in [-0.15, -0.1) is 11.8 Å². The Balaban J connectivity index is 1.82. The van der Waals surface area contributed by atoms with Crippen LogP contribution in [-0.2, 0) is 9.59 Å². The Morgan fingerprint density at radius 2 is 1.79 bits per heavy atom. The lowest BCUT2D eigenvalue weighted by Crippen LogP contribution is -2.25. The van der Waals surface area contributed by atoms with Crippen LogP contribution in [0.2, 0.25) is 0 Å². The number of hydrogen-bond acceptors (Lipinski definition) is 4. The summed E-state index contributed by atoms with van der Waals surface area (Å²) >= 11 is 1.30. The Hall–Kier alpha value is -2.47. The number of unbranched alkanes of at least 4 members (excludes halogenated alkanes) is 1. The van der Waals surface area contributed by atoms with Crippen LogP contribution in [0.15, 0.2) is 48.5 Å². The van der Waals surface area contributed by atoms with Gasteiger partial charge in [0.05, 0.1) is 23.3 Å².